The lowest BCUT2D eigenvalue weighted by Crippen LogP contribution is -2.49. The van der Waals surface area contributed by atoms with Crippen LogP contribution in [0.5, 0.6) is 0 Å². The van der Waals surface area contributed by atoms with E-state index < -0.39 is 5.60 Å². The van der Waals surface area contributed by atoms with Crippen LogP contribution in [0.4, 0.5) is 5.95 Å². The van der Waals surface area contributed by atoms with Crippen molar-refractivity contribution in [1.82, 2.24) is 29.6 Å². The van der Waals surface area contributed by atoms with Gasteiger partial charge in [0.1, 0.15) is 11.9 Å². The summed E-state index contributed by atoms with van der Waals surface area (Å²) < 4.78 is 1.77. The Balaban J connectivity index is 1.26. The molecule has 4 aromatic rings. The van der Waals surface area contributed by atoms with Gasteiger partial charge in [-0.15, -0.1) is 0 Å². The van der Waals surface area contributed by atoms with E-state index in [0.29, 0.717) is 42.7 Å². The van der Waals surface area contributed by atoms with E-state index in [2.05, 4.69) is 34.8 Å². The minimum Gasteiger partial charge on any atom is -0.381 e. The van der Waals surface area contributed by atoms with Gasteiger partial charge in [-0.2, -0.15) is 5.10 Å². The first-order valence-corrected chi connectivity index (χ1v) is 12.3. The molecule has 0 radical (unpaired) electrons. The zero-order valence-corrected chi connectivity index (χ0v) is 21.4. The van der Waals surface area contributed by atoms with Gasteiger partial charge in [-0.05, 0) is 30.7 Å². The van der Waals surface area contributed by atoms with Crippen LogP contribution in [-0.4, -0.2) is 73.1 Å². The highest BCUT2D eigenvalue weighted by Gasteiger charge is 2.28. The number of nitrogens with zero attached hydrogens (tertiary/aromatic N) is 7. The molecule has 1 aromatic carbocycles. The van der Waals surface area contributed by atoms with E-state index >= 15 is 0 Å². The van der Waals surface area contributed by atoms with Crippen LogP contribution in [0.25, 0.3) is 11.1 Å². The Morgan fingerprint density at radius 3 is 2.41 bits per heavy atom. The first-order chi connectivity index (χ1) is 17.8. The highest BCUT2D eigenvalue weighted by Crippen LogP contribution is 2.29. The fourth-order valence-corrected chi connectivity index (χ4v) is 4.56. The average Bonchev–Trinajstić information content (AvgIpc) is 3.57. The van der Waals surface area contributed by atoms with E-state index in [1.54, 1.807) is 48.3 Å². The third-order valence-corrected chi connectivity index (χ3v) is 6.87. The molecule has 0 saturated carbocycles. The zero-order chi connectivity index (χ0) is 26.0. The number of amidine groups is 1. The summed E-state index contributed by atoms with van der Waals surface area (Å²) in [6.45, 7) is 4.50. The number of benzene rings is 1. The number of hydrogen-bond donors (Lipinski definition) is 3. The lowest BCUT2D eigenvalue weighted by molar-refractivity contribution is 0.101. The van der Waals surface area contributed by atoms with Gasteiger partial charge in [-0.25, -0.2) is 15.0 Å². The summed E-state index contributed by atoms with van der Waals surface area (Å²) >= 11 is 5.99. The number of anilines is 1. The highest BCUT2D eigenvalue weighted by molar-refractivity contribution is 6.30. The summed E-state index contributed by atoms with van der Waals surface area (Å²) in [6.07, 6.45) is 10.1. The SMILES string of the molecule is Cn1cc(-c2c[nH]c(/C(=N\C=N)N3CCN(c4ncc([C@](C)(O)c5ccc(Cl)cc5)cn4)CC3)c2)cn1. The molecule has 0 spiro atoms. The largest absolute Gasteiger partial charge is 0.381 e. The lowest BCUT2D eigenvalue weighted by atomic mass is 9.90. The first-order valence-electron chi connectivity index (χ1n) is 11.9. The number of halogens is 1. The number of nitrogens with one attached hydrogen (secondary N) is 2. The Hall–Kier alpha value is -4.02. The Morgan fingerprint density at radius 1 is 1.08 bits per heavy atom. The summed E-state index contributed by atoms with van der Waals surface area (Å²) in [6, 6.07) is 9.13. The molecule has 1 fully saturated rings. The van der Waals surface area contributed by atoms with E-state index in [-0.39, 0.29) is 0 Å². The Morgan fingerprint density at radius 2 is 1.78 bits per heavy atom. The first kappa shape index (κ1) is 24.7. The molecular formula is C26H28ClN9O. The van der Waals surface area contributed by atoms with Crippen LogP contribution in [0.2, 0.25) is 5.02 Å². The van der Waals surface area contributed by atoms with Crippen molar-refractivity contribution in [2.75, 3.05) is 31.1 Å². The van der Waals surface area contributed by atoms with Crippen LogP contribution in [0.15, 0.2) is 66.3 Å². The topological polar surface area (TPSA) is 122 Å². The second kappa shape index (κ2) is 10.2. The van der Waals surface area contributed by atoms with Gasteiger partial charge >= 0.3 is 0 Å². The van der Waals surface area contributed by atoms with Crippen molar-refractivity contribution in [3.63, 3.8) is 0 Å². The van der Waals surface area contributed by atoms with Crippen LogP contribution < -0.4 is 4.90 Å². The van der Waals surface area contributed by atoms with E-state index in [1.165, 1.54) is 0 Å². The number of H-pyrrole nitrogens is 1. The molecule has 11 heteroatoms. The van der Waals surface area contributed by atoms with Crippen molar-refractivity contribution in [3.8, 4) is 11.1 Å². The molecule has 1 saturated heterocycles. The monoisotopic (exact) mass is 517 g/mol. The second-order valence-electron chi connectivity index (χ2n) is 9.11. The Kier molecular flexibility index (Phi) is 6.77. The molecule has 0 aliphatic carbocycles. The summed E-state index contributed by atoms with van der Waals surface area (Å²) in [5, 5.41) is 23.5. The number of rotatable bonds is 6. The van der Waals surface area contributed by atoms with Gasteiger partial charge in [0, 0.05) is 79.7 Å². The third kappa shape index (κ3) is 5.11. The number of piperazine rings is 1. The second-order valence-corrected chi connectivity index (χ2v) is 9.55. The lowest BCUT2D eigenvalue weighted by Gasteiger charge is -2.36. The molecule has 10 nitrogen and oxygen atoms in total. The smallest absolute Gasteiger partial charge is 0.225 e. The Labute approximate surface area is 219 Å². The van der Waals surface area contributed by atoms with Gasteiger partial charge in [-0.1, -0.05) is 23.7 Å². The molecule has 3 aromatic heterocycles. The minimum atomic E-state index is -1.23. The standard InChI is InChI=1S/C26H28ClN9O/c1-26(37,20-3-5-22(27)6-4-20)21-14-30-25(31-15-21)36-9-7-35(8-10-36)24(32-17-28)23-11-18(12-29-23)19-13-33-34(2)16-19/h3-6,11-17,28-29,37H,7-10H2,1-2H3/b28-17?,32-24+/t26-/m1/s1. The van der Waals surface area contributed by atoms with Gasteiger partial charge in [0.05, 0.1) is 11.9 Å². The molecule has 0 unspecified atom stereocenters. The predicted molar refractivity (Wildman–Crippen MR) is 144 cm³/mol. The fourth-order valence-electron chi connectivity index (χ4n) is 4.44. The van der Waals surface area contributed by atoms with E-state index in [4.69, 9.17) is 17.0 Å². The molecule has 1 aliphatic rings. The molecule has 37 heavy (non-hydrogen) atoms. The van der Waals surface area contributed by atoms with Gasteiger partial charge in [0.25, 0.3) is 0 Å². The van der Waals surface area contributed by atoms with Crippen molar-refractivity contribution in [2.45, 2.75) is 12.5 Å². The van der Waals surface area contributed by atoms with E-state index in [0.717, 1.165) is 34.6 Å². The van der Waals surface area contributed by atoms with Gasteiger partial charge < -0.3 is 19.9 Å². The van der Waals surface area contributed by atoms with Crippen molar-refractivity contribution < 1.29 is 5.11 Å². The number of aliphatic hydroxyl groups is 1. The quantitative estimate of drug-likeness (QED) is 0.266. The molecule has 190 valence electrons. The molecular weight excluding hydrogens is 490 g/mol. The van der Waals surface area contributed by atoms with Gasteiger partial charge in [0.2, 0.25) is 5.95 Å². The minimum absolute atomic E-state index is 0.605. The normalized spacial score (nSPS) is 16.1. The van der Waals surface area contributed by atoms with Crippen LogP contribution >= 0.6 is 11.6 Å². The molecule has 1 atom stereocenters. The number of aromatic amines is 1. The van der Waals surface area contributed by atoms with Crippen molar-refractivity contribution in [1.29, 1.82) is 5.41 Å². The summed E-state index contributed by atoms with van der Waals surface area (Å²) in [4.78, 5) is 21.0. The summed E-state index contributed by atoms with van der Waals surface area (Å²) in [5.74, 6) is 1.33. The van der Waals surface area contributed by atoms with Crippen molar-refractivity contribution in [3.05, 3.63) is 83.2 Å². The number of aliphatic imine (C=N–C) groups is 1. The molecule has 5 rings (SSSR count). The highest BCUT2D eigenvalue weighted by atomic mass is 35.5. The molecule has 1 aliphatic heterocycles. The Bertz CT molecular complexity index is 1400. The number of hydrogen-bond acceptors (Lipinski definition) is 6. The van der Waals surface area contributed by atoms with Crippen molar-refractivity contribution in [2.24, 2.45) is 12.0 Å². The van der Waals surface area contributed by atoms with Crippen LogP contribution in [0, 0.1) is 5.41 Å². The van der Waals surface area contributed by atoms with Crippen LogP contribution in [0.3, 0.4) is 0 Å². The predicted octanol–water partition coefficient (Wildman–Crippen LogP) is 3.29. The molecule has 0 bridgehead atoms. The van der Waals surface area contributed by atoms with Gasteiger partial charge in [0.15, 0.2) is 5.84 Å². The van der Waals surface area contributed by atoms with Crippen LogP contribution in [-0.2, 0) is 12.6 Å². The van der Waals surface area contributed by atoms with E-state index in [9.17, 15) is 5.11 Å². The maximum absolute atomic E-state index is 11.1. The van der Waals surface area contributed by atoms with Crippen LogP contribution in [0.1, 0.15) is 23.7 Å². The van der Waals surface area contributed by atoms with E-state index in [1.807, 2.05) is 31.7 Å². The fraction of sp³-hybridized carbons (Fsp3) is 0.269. The third-order valence-electron chi connectivity index (χ3n) is 6.62. The van der Waals surface area contributed by atoms with Gasteiger partial charge in [-0.3, -0.25) is 10.1 Å². The summed E-state index contributed by atoms with van der Waals surface area (Å²) in [5.41, 5.74) is 2.97. The summed E-state index contributed by atoms with van der Waals surface area (Å²) in [7, 11) is 1.89. The number of aromatic nitrogens is 5. The van der Waals surface area contributed by atoms with Crippen molar-refractivity contribution >= 4 is 29.7 Å². The molecule has 3 N–H and O–H groups in total. The average molecular weight is 518 g/mol. The molecule has 0 amide bonds. The zero-order valence-electron chi connectivity index (χ0n) is 20.6. The maximum atomic E-state index is 11.1. The molecule has 4 heterocycles. The number of aryl methyl sites for hydroxylation is 1. The maximum Gasteiger partial charge on any atom is 0.225 e.